The highest BCUT2D eigenvalue weighted by Gasteiger charge is 2.08. The van der Waals surface area contributed by atoms with E-state index in [0.717, 1.165) is 32.5 Å². The number of carbonyl (C=O) groups is 1. The first kappa shape index (κ1) is 12.8. The molecule has 3 heterocycles. The lowest BCUT2D eigenvalue weighted by Crippen LogP contribution is -1.89. The van der Waals surface area contributed by atoms with Crippen molar-refractivity contribution in [3.8, 4) is 22.5 Å². The first-order valence-electron chi connectivity index (χ1n) is 6.61. The number of carbonyl (C=O) groups excluding carboxylic acids is 1. The predicted octanol–water partition coefficient (Wildman–Crippen LogP) is 3.02. The summed E-state index contributed by atoms with van der Waals surface area (Å²) in [4.78, 5) is 23.0. The number of aromatic amines is 1. The zero-order valence-electron chi connectivity index (χ0n) is 11.4. The first-order valence-corrected chi connectivity index (χ1v) is 7.43. The van der Waals surface area contributed by atoms with Gasteiger partial charge in [-0.1, -0.05) is 35.6 Å². The monoisotopic (exact) mass is 309 g/mol. The molecular formula is C15H11N5OS. The van der Waals surface area contributed by atoms with E-state index in [9.17, 15) is 4.79 Å². The number of H-pyrrole nitrogens is 1. The third-order valence-electron chi connectivity index (χ3n) is 3.35. The summed E-state index contributed by atoms with van der Waals surface area (Å²) in [5.74, 6) is 0. The molecule has 0 saturated carbocycles. The molecule has 0 aliphatic rings. The molecule has 4 rings (SSSR count). The molecule has 22 heavy (non-hydrogen) atoms. The van der Waals surface area contributed by atoms with Crippen LogP contribution in [0.1, 0.15) is 0 Å². The number of fused-ring (bicyclic) bond motifs is 1. The summed E-state index contributed by atoms with van der Waals surface area (Å²) >= 11 is 1.43. The number of benzene rings is 1. The molecule has 1 aromatic carbocycles. The van der Waals surface area contributed by atoms with E-state index >= 15 is 0 Å². The fraction of sp³-hybridized carbons (Fsp3) is 0. The Kier molecular flexibility index (Phi) is 2.97. The van der Waals surface area contributed by atoms with Gasteiger partial charge in [-0.25, -0.2) is 9.97 Å². The van der Waals surface area contributed by atoms with Gasteiger partial charge in [0.25, 0.3) is 0 Å². The third-order valence-corrected chi connectivity index (χ3v) is 4.27. The van der Waals surface area contributed by atoms with Crippen LogP contribution in [-0.2, 0) is 4.79 Å². The van der Waals surface area contributed by atoms with Crippen molar-refractivity contribution in [1.82, 2.24) is 19.4 Å². The molecule has 0 unspecified atom stereocenters. The lowest BCUT2D eigenvalue weighted by molar-refractivity contribution is -0.105. The third kappa shape index (κ3) is 2.17. The number of nitrogens with zero attached hydrogens (tertiary/aromatic N) is 3. The van der Waals surface area contributed by atoms with Gasteiger partial charge in [0.15, 0.2) is 4.96 Å². The van der Waals surface area contributed by atoms with Crippen LogP contribution in [0.4, 0.5) is 5.00 Å². The molecule has 0 bridgehead atoms. The molecule has 6 nitrogen and oxygen atoms in total. The Bertz CT molecular complexity index is 889. The van der Waals surface area contributed by atoms with E-state index in [1.807, 2.05) is 41.1 Å². The Morgan fingerprint density at radius 1 is 1.18 bits per heavy atom. The van der Waals surface area contributed by atoms with Gasteiger partial charge in [0, 0.05) is 18.0 Å². The number of nitrogens with one attached hydrogen (secondary N) is 2. The quantitative estimate of drug-likeness (QED) is 0.569. The summed E-state index contributed by atoms with van der Waals surface area (Å²) in [6.07, 6.45) is 7.93. The normalized spacial score (nSPS) is 10.9. The molecule has 0 fully saturated rings. The van der Waals surface area contributed by atoms with Gasteiger partial charge in [-0.2, -0.15) is 0 Å². The molecule has 0 aliphatic carbocycles. The average Bonchev–Trinajstić information content (AvgIpc) is 3.23. The Hall–Kier alpha value is -2.93. The minimum absolute atomic E-state index is 0.667. The van der Waals surface area contributed by atoms with Crippen molar-refractivity contribution in [2.24, 2.45) is 0 Å². The maximum Gasteiger partial charge on any atom is 0.212 e. The molecule has 3 aromatic heterocycles. The van der Waals surface area contributed by atoms with Gasteiger partial charge in [0.05, 0.1) is 23.9 Å². The second-order valence-electron chi connectivity index (χ2n) is 4.72. The van der Waals surface area contributed by atoms with E-state index in [2.05, 4.69) is 20.3 Å². The van der Waals surface area contributed by atoms with Gasteiger partial charge in [-0.05, 0) is 5.56 Å². The van der Waals surface area contributed by atoms with E-state index in [4.69, 9.17) is 0 Å². The highest BCUT2D eigenvalue weighted by molar-refractivity contribution is 7.21. The van der Waals surface area contributed by atoms with E-state index in [-0.39, 0.29) is 0 Å². The van der Waals surface area contributed by atoms with Crippen molar-refractivity contribution >= 4 is 27.7 Å². The Labute approximate surface area is 129 Å². The van der Waals surface area contributed by atoms with Crippen LogP contribution < -0.4 is 5.32 Å². The Balaban J connectivity index is 1.66. The molecule has 108 valence electrons. The topological polar surface area (TPSA) is 75.1 Å². The zero-order chi connectivity index (χ0) is 14.9. The zero-order valence-corrected chi connectivity index (χ0v) is 12.2. The van der Waals surface area contributed by atoms with Crippen molar-refractivity contribution in [2.45, 2.75) is 0 Å². The molecule has 1 amide bonds. The van der Waals surface area contributed by atoms with Crippen LogP contribution in [0.25, 0.3) is 27.5 Å². The van der Waals surface area contributed by atoms with E-state index in [0.29, 0.717) is 6.41 Å². The molecule has 0 saturated heterocycles. The molecule has 7 heteroatoms. The van der Waals surface area contributed by atoms with Crippen LogP contribution in [0.3, 0.4) is 0 Å². The van der Waals surface area contributed by atoms with Gasteiger partial charge in [-0.15, -0.1) is 0 Å². The van der Waals surface area contributed by atoms with Crippen molar-refractivity contribution in [2.75, 3.05) is 5.32 Å². The van der Waals surface area contributed by atoms with Crippen LogP contribution in [-0.4, -0.2) is 25.8 Å². The summed E-state index contributed by atoms with van der Waals surface area (Å²) in [6, 6.07) is 8.14. The Morgan fingerprint density at radius 2 is 2.00 bits per heavy atom. The van der Waals surface area contributed by atoms with Gasteiger partial charge >= 0.3 is 0 Å². The molecule has 0 spiro atoms. The van der Waals surface area contributed by atoms with E-state index in [1.165, 1.54) is 11.3 Å². The van der Waals surface area contributed by atoms with E-state index in [1.54, 1.807) is 12.5 Å². The van der Waals surface area contributed by atoms with Crippen LogP contribution in [0.2, 0.25) is 0 Å². The van der Waals surface area contributed by atoms with Gasteiger partial charge < -0.3 is 10.3 Å². The lowest BCUT2D eigenvalue weighted by atomic mass is 10.1. The number of thiazole rings is 1. The minimum atomic E-state index is 0.667. The summed E-state index contributed by atoms with van der Waals surface area (Å²) < 4.78 is 1.91. The van der Waals surface area contributed by atoms with Crippen LogP contribution in [0.5, 0.6) is 0 Å². The highest BCUT2D eigenvalue weighted by atomic mass is 32.1. The van der Waals surface area contributed by atoms with Gasteiger partial charge in [-0.3, -0.25) is 9.20 Å². The highest BCUT2D eigenvalue weighted by Crippen LogP contribution is 2.27. The molecule has 0 atom stereocenters. The van der Waals surface area contributed by atoms with E-state index < -0.39 is 0 Å². The van der Waals surface area contributed by atoms with Crippen LogP contribution >= 0.6 is 11.3 Å². The largest absolute Gasteiger partial charge is 0.345 e. The van der Waals surface area contributed by atoms with Crippen molar-refractivity contribution in [1.29, 1.82) is 0 Å². The fourth-order valence-corrected chi connectivity index (χ4v) is 3.12. The van der Waals surface area contributed by atoms with Crippen LogP contribution in [0.15, 0.2) is 49.2 Å². The first-order chi connectivity index (χ1) is 10.8. The molecule has 2 N–H and O–H groups in total. The molecule has 4 aromatic rings. The summed E-state index contributed by atoms with van der Waals surface area (Å²) in [7, 11) is 0. The second-order valence-corrected chi connectivity index (χ2v) is 5.73. The number of rotatable bonds is 4. The number of imidazole rings is 2. The number of anilines is 1. The predicted molar refractivity (Wildman–Crippen MR) is 85.8 cm³/mol. The number of hydrogen-bond donors (Lipinski definition) is 2. The number of amides is 1. The second kappa shape index (κ2) is 5.12. The van der Waals surface area contributed by atoms with Crippen molar-refractivity contribution < 1.29 is 4.79 Å². The standard InChI is InChI=1S/C15H11N5OS/c21-9-18-14-7-20-6-13(19-15(20)22-14)11-3-1-10(2-4-11)12-5-16-8-17-12/h1-9H,(H,16,17)(H,18,21). The average molecular weight is 309 g/mol. The number of aromatic nitrogens is 4. The molecule has 0 aliphatic heterocycles. The molecular weight excluding hydrogens is 298 g/mol. The van der Waals surface area contributed by atoms with Crippen molar-refractivity contribution in [3.63, 3.8) is 0 Å². The van der Waals surface area contributed by atoms with Crippen LogP contribution in [0, 0.1) is 0 Å². The van der Waals surface area contributed by atoms with Crippen molar-refractivity contribution in [3.05, 3.63) is 49.2 Å². The summed E-state index contributed by atoms with van der Waals surface area (Å²) in [5, 5.41) is 3.41. The minimum Gasteiger partial charge on any atom is -0.345 e. The lowest BCUT2D eigenvalue weighted by Gasteiger charge is -2.00. The summed E-state index contributed by atoms with van der Waals surface area (Å²) in [6.45, 7) is 0. The van der Waals surface area contributed by atoms with Gasteiger partial charge in [0.2, 0.25) is 6.41 Å². The van der Waals surface area contributed by atoms with Gasteiger partial charge in [0.1, 0.15) is 5.00 Å². The smallest absolute Gasteiger partial charge is 0.212 e. The SMILES string of the molecule is O=CNc1cn2cc(-c3ccc(-c4cnc[nH]4)cc3)nc2s1. The number of hydrogen-bond acceptors (Lipinski definition) is 4. The maximum absolute atomic E-state index is 10.4. The fourth-order valence-electron chi connectivity index (χ4n) is 2.29. The summed E-state index contributed by atoms with van der Waals surface area (Å²) in [5.41, 5.74) is 4.02. The Morgan fingerprint density at radius 3 is 2.68 bits per heavy atom. The maximum atomic E-state index is 10.4. The molecule has 0 radical (unpaired) electrons.